The minimum absolute atomic E-state index is 0.0429. The summed E-state index contributed by atoms with van der Waals surface area (Å²) in [5, 5.41) is 3.07. The fourth-order valence-corrected chi connectivity index (χ4v) is 4.86. The van der Waals surface area contributed by atoms with Crippen molar-refractivity contribution in [3.8, 4) is 0 Å². The highest BCUT2D eigenvalue weighted by Gasteiger charge is 2.35. The molecule has 0 atom stereocenters. The van der Waals surface area contributed by atoms with Gasteiger partial charge in [0.15, 0.2) is 0 Å². The highest BCUT2D eigenvalue weighted by Crippen LogP contribution is 2.28. The van der Waals surface area contributed by atoms with Gasteiger partial charge in [0.25, 0.3) is 0 Å². The molecule has 7 heteroatoms. The fourth-order valence-electron chi connectivity index (χ4n) is 4.86. The van der Waals surface area contributed by atoms with Gasteiger partial charge in [-0.3, -0.25) is 9.59 Å². The standard InChI is InChI=1S/C24H31N3O4/c28-22(11-6-18-4-2-1-3-5-18)25-20-9-7-19(8-10-20)23(29)26-14-12-21(13-15-26)27-16-17-31-24(27)30/h1-6,11,19-21H,7-10,12-17H2,(H,25,28)/b11-6+. The molecule has 1 aliphatic carbocycles. The number of rotatable bonds is 5. The quantitative estimate of drug-likeness (QED) is 0.736. The summed E-state index contributed by atoms with van der Waals surface area (Å²) in [6, 6.07) is 10.1. The van der Waals surface area contributed by atoms with Crippen LogP contribution < -0.4 is 5.32 Å². The predicted octanol–water partition coefficient (Wildman–Crippen LogP) is 2.82. The second-order valence-corrected chi connectivity index (χ2v) is 8.67. The van der Waals surface area contributed by atoms with E-state index in [1.54, 1.807) is 6.08 Å². The summed E-state index contributed by atoms with van der Waals surface area (Å²) in [6.45, 7) is 2.54. The Bertz CT molecular complexity index is 809. The number of nitrogens with zero attached hydrogens (tertiary/aromatic N) is 2. The lowest BCUT2D eigenvalue weighted by Crippen LogP contribution is -2.49. The van der Waals surface area contributed by atoms with Gasteiger partial charge in [0, 0.05) is 37.2 Å². The van der Waals surface area contributed by atoms with Gasteiger partial charge in [0.1, 0.15) is 6.61 Å². The number of amides is 3. The van der Waals surface area contributed by atoms with Crippen molar-refractivity contribution in [2.24, 2.45) is 5.92 Å². The molecule has 0 aromatic heterocycles. The zero-order valence-corrected chi connectivity index (χ0v) is 17.9. The van der Waals surface area contributed by atoms with Crippen molar-refractivity contribution in [2.75, 3.05) is 26.2 Å². The number of likely N-dealkylation sites (tertiary alicyclic amines) is 1. The van der Waals surface area contributed by atoms with Crippen LogP contribution in [0, 0.1) is 5.92 Å². The van der Waals surface area contributed by atoms with Crippen molar-refractivity contribution in [1.29, 1.82) is 0 Å². The number of cyclic esters (lactones) is 1. The molecule has 1 saturated carbocycles. The summed E-state index contributed by atoms with van der Waals surface area (Å²) < 4.78 is 5.04. The average molecular weight is 426 g/mol. The van der Waals surface area contributed by atoms with E-state index in [0.717, 1.165) is 44.1 Å². The van der Waals surface area contributed by atoms with Gasteiger partial charge in [-0.25, -0.2) is 4.79 Å². The Morgan fingerprint density at radius 3 is 2.32 bits per heavy atom. The van der Waals surface area contributed by atoms with Gasteiger partial charge in [-0.05, 0) is 50.2 Å². The minimum atomic E-state index is -0.219. The van der Waals surface area contributed by atoms with Crippen LogP contribution in [0.15, 0.2) is 36.4 Å². The lowest BCUT2D eigenvalue weighted by molar-refractivity contribution is -0.138. The maximum Gasteiger partial charge on any atom is 0.410 e. The Morgan fingerprint density at radius 1 is 0.968 bits per heavy atom. The molecule has 2 aliphatic heterocycles. The first-order valence-corrected chi connectivity index (χ1v) is 11.4. The van der Waals surface area contributed by atoms with E-state index in [9.17, 15) is 14.4 Å². The van der Waals surface area contributed by atoms with E-state index in [1.165, 1.54) is 0 Å². The number of piperidine rings is 1. The number of nitrogens with one attached hydrogen (secondary N) is 1. The van der Waals surface area contributed by atoms with Crippen molar-refractivity contribution < 1.29 is 19.1 Å². The van der Waals surface area contributed by atoms with Crippen molar-refractivity contribution in [1.82, 2.24) is 15.1 Å². The zero-order valence-electron chi connectivity index (χ0n) is 17.9. The highest BCUT2D eigenvalue weighted by atomic mass is 16.6. The third-order valence-electron chi connectivity index (χ3n) is 6.66. The van der Waals surface area contributed by atoms with E-state index in [-0.39, 0.29) is 35.9 Å². The molecule has 1 aromatic rings. The Hall–Kier alpha value is -2.83. The Morgan fingerprint density at radius 2 is 1.68 bits per heavy atom. The third-order valence-corrected chi connectivity index (χ3v) is 6.66. The van der Waals surface area contributed by atoms with Crippen LogP contribution in [0.25, 0.3) is 6.08 Å². The monoisotopic (exact) mass is 425 g/mol. The Labute approximate surface area is 183 Å². The van der Waals surface area contributed by atoms with Crippen LogP contribution in [0.5, 0.6) is 0 Å². The normalized spacial score (nSPS) is 25.0. The number of hydrogen-bond donors (Lipinski definition) is 1. The molecule has 0 bridgehead atoms. The molecule has 3 aliphatic rings. The van der Waals surface area contributed by atoms with Crippen molar-refractivity contribution in [2.45, 2.75) is 50.6 Å². The summed E-state index contributed by atoms with van der Waals surface area (Å²) in [5.74, 6) is 0.193. The SMILES string of the molecule is O=C(/C=C/c1ccccc1)NC1CCC(C(=O)N2CCC(N3CCOC3=O)CC2)CC1. The number of carbonyl (C=O) groups is 3. The largest absolute Gasteiger partial charge is 0.448 e. The zero-order chi connectivity index (χ0) is 21.6. The lowest BCUT2D eigenvalue weighted by Gasteiger charge is -2.38. The van der Waals surface area contributed by atoms with Gasteiger partial charge in [-0.2, -0.15) is 0 Å². The van der Waals surface area contributed by atoms with Gasteiger partial charge >= 0.3 is 6.09 Å². The van der Waals surface area contributed by atoms with Crippen molar-refractivity contribution in [3.05, 3.63) is 42.0 Å². The van der Waals surface area contributed by atoms with Crippen LogP contribution in [0.3, 0.4) is 0 Å². The third kappa shape index (κ3) is 5.46. The van der Waals surface area contributed by atoms with Crippen LogP contribution in [0.4, 0.5) is 4.79 Å². The van der Waals surface area contributed by atoms with Crippen LogP contribution in [0.2, 0.25) is 0 Å². The predicted molar refractivity (Wildman–Crippen MR) is 117 cm³/mol. The Kier molecular flexibility index (Phi) is 6.89. The molecule has 3 fully saturated rings. The number of carbonyl (C=O) groups excluding carboxylic acids is 3. The minimum Gasteiger partial charge on any atom is -0.448 e. The van der Waals surface area contributed by atoms with E-state index < -0.39 is 0 Å². The lowest BCUT2D eigenvalue weighted by atomic mass is 9.84. The van der Waals surface area contributed by atoms with E-state index >= 15 is 0 Å². The second-order valence-electron chi connectivity index (χ2n) is 8.67. The van der Waals surface area contributed by atoms with Crippen LogP contribution in [-0.2, 0) is 14.3 Å². The van der Waals surface area contributed by atoms with Gasteiger partial charge in [0.05, 0.1) is 6.54 Å². The summed E-state index contributed by atoms with van der Waals surface area (Å²) in [4.78, 5) is 40.7. The van der Waals surface area contributed by atoms with Gasteiger partial charge in [-0.1, -0.05) is 30.3 Å². The first kappa shape index (κ1) is 21.4. The summed E-state index contributed by atoms with van der Waals surface area (Å²) in [5.41, 5.74) is 0.998. The van der Waals surface area contributed by atoms with Gasteiger partial charge in [0.2, 0.25) is 11.8 Å². The van der Waals surface area contributed by atoms with Gasteiger partial charge < -0.3 is 19.9 Å². The average Bonchev–Trinajstić information content (AvgIpc) is 3.24. The van der Waals surface area contributed by atoms with Crippen LogP contribution in [-0.4, -0.2) is 66.0 Å². The molecule has 1 aromatic carbocycles. The number of ether oxygens (including phenoxy) is 1. The van der Waals surface area contributed by atoms with E-state index in [0.29, 0.717) is 26.2 Å². The number of hydrogen-bond acceptors (Lipinski definition) is 4. The molecule has 7 nitrogen and oxygen atoms in total. The Balaban J connectivity index is 1.18. The van der Waals surface area contributed by atoms with Gasteiger partial charge in [-0.15, -0.1) is 0 Å². The second kappa shape index (κ2) is 9.98. The summed E-state index contributed by atoms with van der Waals surface area (Å²) >= 11 is 0. The molecule has 0 radical (unpaired) electrons. The maximum absolute atomic E-state index is 13.0. The van der Waals surface area contributed by atoms with Crippen LogP contribution in [0.1, 0.15) is 44.1 Å². The van der Waals surface area contributed by atoms with E-state index in [2.05, 4.69) is 5.32 Å². The molecular formula is C24H31N3O4. The first-order valence-electron chi connectivity index (χ1n) is 11.4. The molecule has 1 N–H and O–H groups in total. The molecule has 4 rings (SSSR count). The molecule has 0 spiro atoms. The molecule has 166 valence electrons. The molecule has 31 heavy (non-hydrogen) atoms. The molecular weight excluding hydrogens is 394 g/mol. The maximum atomic E-state index is 13.0. The highest BCUT2D eigenvalue weighted by molar-refractivity contribution is 5.91. The molecule has 2 heterocycles. The smallest absolute Gasteiger partial charge is 0.410 e. The van der Waals surface area contributed by atoms with Crippen LogP contribution >= 0.6 is 0 Å². The fraction of sp³-hybridized carbons (Fsp3) is 0.542. The molecule has 3 amide bonds. The topological polar surface area (TPSA) is 79.0 Å². The summed E-state index contributed by atoms with van der Waals surface area (Å²) in [6.07, 6.45) is 8.09. The van der Waals surface area contributed by atoms with Crippen molar-refractivity contribution >= 4 is 24.0 Å². The van der Waals surface area contributed by atoms with E-state index in [4.69, 9.17) is 4.74 Å². The summed E-state index contributed by atoms with van der Waals surface area (Å²) in [7, 11) is 0. The number of benzene rings is 1. The first-order chi connectivity index (χ1) is 15.1. The molecule has 2 saturated heterocycles. The van der Waals surface area contributed by atoms with Crippen molar-refractivity contribution in [3.63, 3.8) is 0 Å². The molecule has 0 unspecified atom stereocenters. The van der Waals surface area contributed by atoms with E-state index in [1.807, 2.05) is 46.2 Å².